The largest absolute Gasteiger partial charge is 0.379 e. The van der Waals surface area contributed by atoms with Gasteiger partial charge in [0, 0.05) is 18.3 Å². The zero-order chi connectivity index (χ0) is 13.0. The highest BCUT2D eigenvalue weighted by Gasteiger charge is 1.99. The predicted molar refractivity (Wildman–Crippen MR) is 71.4 cm³/mol. The maximum atomic E-state index is 11.0. The zero-order valence-electron chi connectivity index (χ0n) is 10.4. The molecule has 0 unspecified atom stereocenters. The molecule has 0 fully saturated rings. The molecule has 5 nitrogen and oxygen atoms in total. The maximum Gasteiger partial charge on any atom is 0.221 e. The minimum atomic E-state index is -0.0728. The Morgan fingerprint density at radius 2 is 2.17 bits per heavy atom. The standard InChI is InChI=1S/C13H16N4O/c1-9-14-7-13(16-9)8-15-11-4-3-5-12(6-11)17-10(2)18/h3-7,15H,8H2,1-2H3,(H,14,16)(H,17,18). The number of carbonyl (C=O) groups is 1. The van der Waals surface area contributed by atoms with Crippen molar-refractivity contribution < 1.29 is 4.79 Å². The van der Waals surface area contributed by atoms with Gasteiger partial charge in [-0.2, -0.15) is 0 Å². The highest BCUT2D eigenvalue weighted by Crippen LogP contribution is 2.15. The van der Waals surface area contributed by atoms with Crippen LogP contribution in [0.3, 0.4) is 0 Å². The second-order valence-electron chi connectivity index (χ2n) is 4.11. The van der Waals surface area contributed by atoms with Crippen LogP contribution in [0.2, 0.25) is 0 Å². The van der Waals surface area contributed by atoms with Crippen LogP contribution in [0, 0.1) is 6.92 Å². The van der Waals surface area contributed by atoms with Crippen molar-refractivity contribution in [3.63, 3.8) is 0 Å². The van der Waals surface area contributed by atoms with Gasteiger partial charge in [-0.05, 0) is 25.1 Å². The molecular formula is C13H16N4O. The molecule has 2 aromatic rings. The third-order valence-corrected chi connectivity index (χ3v) is 2.42. The molecule has 2 rings (SSSR count). The maximum absolute atomic E-state index is 11.0. The van der Waals surface area contributed by atoms with E-state index in [0.717, 1.165) is 22.9 Å². The summed E-state index contributed by atoms with van der Waals surface area (Å²) >= 11 is 0. The summed E-state index contributed by atoms with van der Waals surface area (Å²) in [6, 6.07) is 7.60. The lowest BCUT2D eigenvalue weighted by atomic mass is 10.2. The Kier molecular flexibility index (Phi) is 3.62. The molecule has 0 saturated heterocycles. The van der Waals surface area contributed by atoms with Gasteiger partial charge in [0.05, 0.1) is 18.4 Å². The van der Waals surface area contributed by atoms with Crippen LogP contribution >= 0.6 is 0 Å². The Hall–Kier alpha value is -2.30. The molecule has 1 heterocycles. The zero-order valence-corrected chi connectivity index (χ0v) is 10.4. The number of H-pyrrole nitrogens is 1. The highest BCUT2D eigenvalue weighted by molar-refractivity contribution is 5.89. The van der Waals surface area contributed by atoms with E-state index in [0.29, 0.717) is 6.54 Å². The Morgan fingerprint density at radius 1 is 1.39 bits per heavy atom. The molecule has 1 aromatic carbocycles. The number of aromatic nitrogens is 2. The van der Waals surface area contributed by atoms with Crippen LogP contribution in [0.5, 0.6) is 0 Å². The van der Waals surface area contributed by atoms with E-state index in [1.807, 2.05) is 31.2 Å². The van der Waals surface area contributed by atoms with Crippen LogP contribution < -0.4 is 10.6 Å². The second kappa shape index (κ2) is 5.35. The minimum Gasteiger partial charge on any atom is -0.379 e. The molecule has 0 radical (unpaired) electrons. The first kappa shape index (κ1) is 12.2. The van der Waals surface area contributed by atoms with E-state index in [1.165, 1.54) is 6.92 Å². The number of nitrogens with one attached hydrogen (secondary N) is 3. The van der Waals surface area contributed by atoms with Gasteiger partial charge < -0.3 is 15.6 Å². The smallest absolute Gasteiger partial charge is 0.221 e. The number of imidazole rings is 1. The van der Waals surface area contributed by atoms with Crippen molar-refractivity contribution in [3.05, 3.63) is 42.0 Å². The van der Waals surface area contributed by atoms with Gasteiger partial charge in [-0.25, -0.2) is 4.98 Å². The number of anilines is 2. The highest BCUT2D eigenvalue weighted by atomic mass is 16.1. The molecule has 1 aromatic heterocycles. The summed E-state index contributed by atoms with van der Waals surface area (Å²) in [7, 11) is 0. The molecule has 0 aliphatic rings. The van der Waals surface area contributed by atoms with Gasteiger partial charge in [-0.3, -0.25) is 4.79 Å². The van der Waals surface area contributed by atoms with Crippen LogP contribution in [-0.2, 0) is 11.3 Å². The summed E-state index contributed by atoms with van der Waals surface area (Å²) < 4.78 is 0. The van der Waals surface area contributed by atoms with Crippen LogP contribution in [0.4, 0.5) is 11.4 Å². The summed E-state index contributed by atoms with van der Waals surface area (Å²) in [6.07, 6.45) is 1.81. The topological polar surface area (TPSA) is 69.8 Å². The average Bonchev–Trinajstić information content (AvgIpc) is 2.72. The third-order valence-electron chi connectivity index (χ3n) is 2.42. The van der Waals surface area contributed by atoms with Crippen LogP contribution in [0.15, 0.2) is 30.5 Å². The lowest BCUT2D eigenvalue weighted by molar-refractivity contribution is -0.114. The lowest BCUT2D eigenvalue weighted by Gasteiger charge is -2.07. The minimum absolute atomic E-state index is 0.0728. The van der Waals surface area contributed by atoms with Crippen LogP contribution in [0.1, 0.15) is 18.4 Å². The Balaban J connectivity index is 1.98. The van der Waals surface area contributed by atoms with Crippen LogP contribution in [0.25, 0.3) is 0 Å². The Bertz CT molecular complexity index is 547. The quantitative estimate of drug-likeness (QED) is 0.772. The number of aryl methyl sites for hydroxylation is 1. The Morgan fingerprint density at radius 3 is 2.83 bits per heavy atom. The van der Waals surface area contributed by atoms with E-state index in [9.17, 15) is 4.79 Å². The molecule has 0 aliphatic carbocycles. The van der Waals surface area contributed by atoms with Crippen LogP contribution in [-0.4, -0.2) is 15.9 Å². The monoisotopic (exact) mass is 244 g/mol. The van der Waals surface area contributed by atoms with Gasteiger partial charge in [0.25, 0.3) is 0 Å². The van der Waals surface area contributed by atoms with Crippen molar-refractivity contribution in [1.29, 1.82) is 0 Å². The van der Waals surface area contributed by atoms with Crippen molar-refractivity contribution in [2.45, 2.75) is 20.4 Å². The van der Waals surface area contributed by atoms with E-state index < -0.39 is 0 Å². The van der Waals surface area contributed by atoms with Crippen molar-refractivity contribution in [3.8, 4) is 0 Å². The summed E-state index contributed by atoms with van der Waals surface area (Å²) in [5.41, 5.74) is 2.76. The summed E-state index contributed by atoms with van der Waals surface area (Å²) in [5, 5.41) is 6.01. The van der Waals surface area contributed by atoms with Gasteiger partial charge in [-0.15, -0.1) is 0 Å². The van der Waals surface area contributed by atoms with Crippen molar-refractivity contribution in [2.75, 3.05) is 10.6 Å². The molecule has 0 aliphatic heterocycles. The summed E-state index contributed by atoms with van der Waals surface area (Å²) in [4.78, 5) is 18.2. The fourth-order valence-corrected chi connectivity index (χ4v) is 1.67. The number of carbonyl (C=O) groups excluding carboxylic acids is 1. The SMILES string of the molecule is CC(=O)Nc1cccc(NCc2cnc(C)[nH]2)c1. The van der Waals surface area contributed by atoms with E-state index in [4.69, 9.17) is 0 Å². The molecule has 3 N–H and O–H groups in total. The number of nitrogens with zero attached hydrogens (tertiary/aromatic N) is 1. The fraction of sp³-hybridized carbons (Fsp3) is 0.231. The molecule has 0 spiro atoms. The Labute approximate surface area is 106 Å². The number of rotatable bonds is 4. The molecule has 94 valence electrons. The number of amides is 1. The average molecular weight is 244 g/mol. The fourth-order valence-electron chi connectivity index (χ4n) is 1.67. The number of aromatic amines is 1. The normalized spacial score (nSPS) is 10.1. The molecule has 5 heteroatoms. The van der Waals surface area contributed by atoms with Gasteiger partial charge in [-0.1, -0.05) is 6.07 Å². The van der Waals surface area contributed by atoms with E-state index in [1.54, 1.807) is 6.20 Å². The first-order valence-electron chi connectivity index (χ1n) is 5.75. The van der Waals surface area contributed by atoms with Crippen molar-refractivity contribution in [2.24, 2.45) is 0 Å². The molecule has 18 heavy (non-hydrogen) atoms. The van der Waals surface area contributed by atoms with Gasteiger partial charge in [0.1, 0.15) is 5.82 Å². The van der Waals surface area contributed by atoms with Gasteiger partial charge in [0.15, 0.2) is 0 Å². The second-order valence-corrected chi connectivity index (χ2v) is 4.11. The molecule has 0 bridgehead atoms. The van der Waals surface area contributed by atoms with E-state index in [-0.39, 0.29) is 5.91 Å². The van der Waals surface area contributed by atoms with E-state index in [2.05, 4.69) is 20.6 Å². The number of hydrogen-bond donors (Lipinski definition) is 3. The summed E-state index contributed by atoms with van der Waals surface area (Å²) in [6.45, 7) is 4.08. The van der Waals surface area contributed by atoms with Gasteiger partial charge >= 0.3 is 0 Å². The first-order valence-corrected chi connectivity index (χ1v) is 5.75. The third kappa shape index (κ3) is 3.35. The lowest BCUT2D eigenvalue weighted by Crippen LogP contribution is -2.06. The molecule has 1 amide bonds. The molecule has 0 saturated carbocycles. The van der Waals surface area contributed by atoms with E-state index >= 15 is 0 Å². The predicted octanol–water partition coefficient (Wildman–Crippen LogP) is 2.29. The summed E-state index contributed by atoms with van der Waals surface area (Å²) in [5.74, 6) is 0.829. The number of hydrogen-bond acceptors (Lipinski definition) is 3. The van der Waals surface area contributed by atoms with Crippen molar-refractivity contribution >= 4 is 17.3 Å². The first-order chi connectivity index (χ1) is 8.63. The van der Waals surface area contributed by atoms with Gasteiger partial charge in [0.2, 0.25) is 5.91 Å². The van der Waals surface area contributed by atoms with Crippen molar-refractivity contribution in [1.82, 2.24) is 9.97 Å². The number of benzene rings is 1. The molecular weight excluding hydrogens is 228 g/mol. The molecule has 0 atom stereocenters.